The van der Waals surface area contributed by atoms with Gasteiger partial charge in [0.25, 0.3) is 5.56 Å². The molecule has 0 spiro atoms. The van der Waals surface area contributed by atoms with Gasteiger partial charge < -0.3 is 5.32 Å². The molecule has 2 rings (SSSR count). The van der Waals surface area contributed by atoms with E-state index >= 15 is 0 Å². The first-order valence-electron chi connectivity index (χ1n) is 6.53. The van der Waals surface area contributed by atoms with Crippen LogP contribution in [0.15, 0.2) is 34.7 Å². The maximum Gasteiger partial charge on any atom is 0.253 e. The van der Waals surface area contributed by atoms with E-state index in [2.05, 4.69) is 10.3 Å². The average Bonchev–Trinajstić information content (AvgIpc) is 2.93. The highest BCUT2D eigenvalue weighted by Gasteiger charge is 2.04. The molecule has 1 N–H and O–H groups in total. The largest absolute Gasteiger partial charge is 0.354 e. The Hall–Kier alpha value is -1.95. The second-order valence-corrected chi connectivity index (χ2v) is 5.40. The van der Waals surface area contributed by atoms with Crippen LogP contribution in [0.4, 0.5) is 0 Å². The van der Waals surface area contributed by atoms with E-state index in [9.17, 15) is 9.59 Å². The summed E-state index contributed by atoms with van der Waals surface area (Å²) in [5.41, 5.74) is 0.706. The summed E-state index contributed by atoms with van der Waals surface area (Å²) >= 11 is 1.56. The summed E-state index contributed by atoms with van der Waals surface area (Å²) in [5, 5.41) is 4.75. The van der Waals surface area contributed by atoms with Gasteiger partial charge in [-0.25, -0.2) is 4.98 Å². The number of aryl methyl sites for hydroxylation is 1. The van der Waals surface area contributed by atoms with E-state index in [1.807, 2.05) is 24.4 Å². The van der Waals surface area contributed by atoms with E-state index in [0.717, 1.165) is 17.0 Å². The Morgan fingerprint density at radius 1 is 1.50 bits per heavy atom. The molecule has 6 heteroatoms. The molecule has 0 saturated carbocycles. The molecule has 2 aromatic heterocycles. The molecule has 0 atom stereocenters. The zero-order chi connectivity index (χ0) is 14.4. The molecule has 0 saturated heterocycles. The Morgan fingerprint density at radius 3 is 3.00 bits per heavy atom. The average molecular weight is 291 g/mol. The second-order valence-electron chi connectivity index (χ2n) is 4.37. The zero-order valence-electron chi connectivity index (χ0n) is 11.3. The molecule has 0 radical (unpaired) electrons. The van der Waals surface area contributed by atoms with Gasteiger partial charge in [-0.1, -0.05) is 13.0 Å². The molecule has 2 aromatic rings. The normalized spacial score (nSPS) is 10.4. The van der Waals surface area contributed by atoms with Gasteiger partial charge >= 0.3 is 0 Å². The fourth-order valence-corrected chi connectivity index (χ4v) is 2.48. The summed E-state index contributed by atoms with van der Waals surface area (Å²) in [6.07, 6.45) is 2.67. The van der Waals surface area contributed by atoms with Crippen LogP contribution in [0.2, 0.25) is 0 Å². The van der Waals surface area contributed by atoms with Crippen molar-refractivity contribution in [1.82, 2.24) is 14.9 Å². The van der Waals surface area contributed by atoms with Crippen molar-refractivity contribution in [1.29, 1.82) is 0 Å². The Bertz CT molecular complexity index is 620. The molecular formula is C14H17N3O2S. The van der Waals surface area contributed by atoms with Crippen molar-refractivity contribution in [2.75, 3.05) is 6.54 Å². The van der Waals surface area contributed by atoms with E-state index in [4.69, 9.17) is 0 Å². The lowest BCUT2D eigenvalue weighted by molar-refractivity contribution is -0.120. The molecule has 5 nitrogen and oxygen atoms in total. The number of carbonyl (C=O) groups is 1. The lowest BCUT2D eigenvalue weighted by atomic mass is 10.3. The minimum absolute atomic E-state index is 0.0290. The third-order valence-corrected chi connectivity index (χ3v) is 3.76. The van der Waals surface area contributed by atoms with Crippen LogP contribution >= 0.6 is 11.3 Å². The third kappa shape index (κ3) is 4.03. The lowest BCUT2D eigenvalue weighted by Crippen LogP contribution is -2.31. The van der Waals surface area contributed by atoms with Gasteiger partial charge in [-0.05, 0) is 17.9 Å². The number of aromatic nitrogens is 2. The number of nitrogens with zero attached hydrogens (tertiary/aromatic N) is 2. The molecule has 0 unspecified atom stereocenters. The summed E-state index contributed by atoms with van der Waals surface area (Å²) in [7, 11) is 0. The maximum atomic E-state index is 11.7. The SMILES string of the molecule is CCc1cc(=O)n(CCNC(=O)Cc2cccs2)cn1. The van der Waals surface area contributed by atoms with Crippen molar-refractivity contribution in [2.45, 2.75) is 26.3 Å². The summed E-state index contributed by atoms with van der Waals surface area (Å²) in [6, 6.07) is 5.39. The maximum absolute atomic E-state index is 11.7. The van der Waals surface area contributed by atoms with Gasteiger partial charge in [-0.3, -0.25) is 14.2 Å². The van der Waals surface area contributed by atoms with Crippen molar-refractivity contribution in [3.8, 4) is 0 Å². The Balaban J connectivity index is 1.81. The van der Waals surface area contributed by atoms with Crippen molar-refractivity contribution >= 4 is 17.2 Å². The molecule has 2 heterocycles. The van der Waals surface area contributed by atoms with Gasteiger partial charge in [0.1, 0.15) is 0 Å². The van der Waals surface area contributed by atoms with Crippen LogP contribution in [0.5, 0.6) is 0 Å². The quantitative estimate of drug-likeness (QED) is 0.870. The monoisotopic (exact) mass is 291 g/mol. The molecule has 106 valence electrons. The molecule has 1 amide bonds. The van der Waals surface area contributed by atoms with Crippen LogP contribution in [0.1, 0.15) is 17.5 Å². The van der Waals surface area contributed by atoms with Crippen LogP contribution in [0, 0.1) is 0 Å². The highest BCUT2D eigenvalue weighted by Crippen LogP contribution is 2.08. The Kier molecular flexibility index (Phi) is 5.06. The highest BCUT2D eigenvalue weighted by atomic mass is 32.1. The van der Waals surface area contributed by atoms with Gasteiger partial charge in [0.05, 0.1) is 12.7 Å². The van der Waals surface area contributed by atoms with E-state index < -0.39 is 0 Å². The minimum Gasteiger partial charge on any atom is -0.354 e. The lowest BCUT2D eigenvalue weighted by Gasteiger charge is -2.07. The molecule has 0 aromatic carbocycles. The van der Waals surface area contributed by atoms with E-state index in [0.29, 0.717) is 19.5 Å². The first-order valence-corrected chi connectivity index (χ1v) is 7.41. The smallest absolute Gasteiger partial charge is 0.253 e. The number of hydrogen-bond acceptors (Lipinski definition) is 4. The van der Waals surface area contributed by atoms with Gasteiger partial charge in [0.2, 0.25) is 5.91 Å². The van der Waals surface area contributed by atoms with Crippen LogP contribution in [-0.4, -0.2) is 22.0 Å². The topological polar surface area (TPSA) is 64.0 Å². The van der Waals surface area contributed by atoms with Gasteiger partial charge in [-0.15, -0.1) is 11.3 Å². The fourth-order valence-electron chi connectivity index (χ4n) is 1.77. The molecule has 0 bridgehead atoms. The summed E-state index contributed by atoms with van der Waals surface area (Å²) in [5.74, 6) is -0.0290. The number of hydrogen-bond donors (Lipinski definition) is 1. The third-order valence-electron chi connectivity index (χ3n) is 2.89. The van der Waals surface area contributed by atoms with E-state index in [1.165, 1.54) is 17.0 Å². The number of amides is 1. The first kappa shape index (κ1) is 14.5. The molecule has 0 aliphatic carbocycles. The second kappa shape index (κ2) is 7.00. The minimum atomic E-state index is -0.0793. The highest BCUT2D eigenvalue weighted by molar-refractivity contribution is 7.10. The number of rotatable bonds is 6. The van der Waals surface area contributed by atoms with Crippen LogP contribution < -0.4 is 10.9 Å². The Labute approximate surface area is 121 Å². The van der Waals surface area contributed by atoms with Gasteiger partial charge in [-0.2, -0.15) is 0 Å². The number of nitrogens with one attached hydrogen (secondary N) is 1. The predicted molar refractivity (Wildman–Crippen MR) is 78.9 cm³/mol. The van der Waals surface area contributed by atoms with Crippen molar-refractivity contribution in [3.63, 3.8) is 0 Å². The summed E-state index contributed by atoms with van der Waals surface area (Å²) in [4.78, 5) is 28.6. The molecule has 0 aliphatic rings. The van der Waals surface area contributed by atoms with Crippen molar-refractivity contribution < 1.29 is 4.79 Å². The zero-order valence-corrected chi connectivity index (χ0v) is 12.2. The summed E-state index contributed by atoms with van der Waals surface area (Å²) < 4.78 is 1.50. The van der Waals surface area contributed by atoms with Crippen LogP contribution in [-0.2, 0) is 24.2 Å². The van der Waals surface area contributed by atoms with Crippen LogP contribution in [0.25, 0.3) is 0 Å². The molecule has 0 aliphatic heterocycles. The number of carbonyl (C=O) groups excluding carboxylic acids is 1. The standard InChI is InChI=1S/C14H17N3O2S/c1-2-11-8-14(19)17(10-16-11)6-5-15-13(18)9-12-4-3-7-20-12/h3-4,7-8,10H,2,5-6,9H2,1H3,(H,15,18). The van der Waals surface area contributed by atoms with E-state index in [1.54, 1.807) is 11.3 Å². The van der Waals surface area contributed by atoms with Gasteiger partial charge in [0.15, 0.2) is 0 Å². The van der Waals surface area contributed by atoms with Crippen LogP contribution in [0.3, 0.4) is 0 Å². The Morgan fingerprint density at radius 2 is 2.35 bits per heavy atom. The molecule has 0 fully saturated rings. The van der Waals surface area contributed by atoms with E-state index in [-0.39, 0.29) is 11.5 Å². The first-order chi connectivity index (χ1) is 9.69. The fraction of sp³-hybridized carbons (Fsp3) is 0.357. The molecular weight excluding hydrogens is 274 g/mol. The van der Waals surface area contributed by atoms with Gasteiger partial charge in [0, 0.05) is 29.7 Å². The number of thiophene rings is 1. The van der Waals surface area contributed by atoms with Crippen molar-refractivity contribution in [2.24, 2.45) is 0 Å². The molecule has 20 heavy (non-hydrogen) atoms. The predicted octanol–water partition coefficient (Wildman–Crippen LogP) is 1.23. The summed E-state index contributed by atoms with van der Waals surface area (Å²) in [6.45, 7) is 2.82. The van der Waals surface area contributed by atoms with Crippen molar-refractivity contribution in [3.05, 3.63) is 50.8 Å².